The van der Waals surface area contributed by atoms with Crippen molar-refractivity contribution in [1.82, 2.24) is 5.32 Å². The molecule has 0 fully saturated rings. The highest BCUT2D eigenvalue weighted by Crippen LogP contribution is 2.25. The minimum Gasteiger partial charge on any atom is -0.375 e. The molecule has 2 aromatic rings. The zero-order chi connectivity index (χ0) is 20.1. The number of benzene rings is 2. The number of amides is 1. The average Bonchev–Trinajstić information content (AvgIpc) is 2.63. The minimum atomic E-state index is -0.830. The summed E-state index contributed by atoms with van der Waals surface area (Å²) in [6, 6.07) is 7.78. The second kappa shape index (κ2) is 8.32. The maximum absolute atomic E-state index is 14.0. The first-order valence-electron chi connectivity index (χ1n) is 7.76. The Morgan fingerprint density at radius 3 is 2.15 bits per heavy atom. The summed E-state index contributed by atoms with van der Waals surface area (Å²) in [6.07, 6.45) is -0.830. The summed E-state index contributed by atoms with van der Waals surface area (Å²) in [4.78, 5) is 32.7. The first-order valence-corrected chi connectivity index (χ1v) is 7.76. The van der Waals surface area contributed by atoms with E-state index in [-0.39, 0.29) is 11.1 Å². The Bertz CT molecular complexity index is 856. The van der Waals surface area contributed by atoms with Crippen LogP contribution in [-0.4, -0.2) is 28.9 Å². The summed E-state index contributed by atoms with van der Waals surface area (Å²) in [6.45, 7) is 1.56. The third-order valence-corrected chi connectivity index (χ3v) is 3.86. The molecule has 0 spiro atoms. The number of hydrogen-bond donors (Lipinski definition) is 1. The number of carbonyl (C=O) groups is 1. The van der Waals surface area contributed by atoms with Crippen LogP contribution in [0.3, 0.4) is 0 Å². The Morgan fingerprint density at radius 1 is 1.11 bits per heavy atom. The van der Waals surface area contributed by atoms with Crippen molar-refractivity contribution in [2.45, 2.75) is 19.1 Å². The summed E-state index contributed by atoms with van der Waals surface area (Å²) in [5.41, 5.74) is -1.21. The fourth-order valence-corrected chi connectivity index (χ4v) is 2.61. The van der Waals surface area contributed by atoms with Gasteiger partial charge in [-0.05, 0) is 13.0 Å². The van der Waals surface area contributed by atoms with Crippen molar-refractivity contribution in [1.29, 1.82) is 0 Å². The largest absolute Gasteiger partial charge is 0.375 e. The van der Waals surface area contributed by atoms with E-state index in [9.17, 15) is 29.4 Å². The van der Waals surface area contributed by atoms with Gasteiger partial charge >= 0.3 is 0 Å². The summed E-state index contributed by atoms with van der Waals surface area (Å²) in [5, 5.41) is 24.4. The van der Waals surface area contributed by atoms with Crippen LogP contribution in [0.5, 0.6) is 0 Å². The quantitative estimate of drug-likeness (QED) is 0.584. The Kier molecular flexibility index (Phi) is 6.14. The van der Waals surface area contributed by atoms with Gasteiger partial charge in [0.1, 0.15) is 11.9 Å². The molecule has 0 radical (unpaired) electrons. The van der Waals surface area contributed by atoms with Gasteiger partial charge in [-0.3, -0.25) is 25.0 Å². The van der Waals surface area contributed by atoms with Crippen molar-refractivity contribution in [2.75, 3.05) is 7.11 Å². The Balaban J connectivity index is 2.29. The molecule has 142 valence electrons. The number of nitro benzene ring substituents is 2. The molecular formula is C17H16FN3O6. The van der Waals surface area contributed by atoms with Crippen LogP contribution >= 0.6 is 0 Å². The van der Waals surface area contributed by atoms with E-state index in [0.717, 1.165) is 18.2 Å². The van der Waals surface area contributed by atoms with E-state index in [0.29, 0.717) is 0 Å². The number of hydrogen-bond acceptors (Lipinski definition) is 6. The van der Waals surface area contributed by atoms with Gasteiger partial charge in [0.2, 0.25) is 0 Å². The van der Waals surface area contributed by atoms with E-state index in [1.807, 2.05) is 0 Å². The zero-order valence-corrected chi connectivity index (χ0v) is 14.4. The number of nitrogens with zero attached hydrogens (tertiary/aromatic N) is 2. The van der Waals surface area contributed by atoms with E-state index in [2.05, 4.69) is 5.32 Å². The predicted molar refractivity (Wildman–Crippen MR) is 92.8 cm³/mol. The molecule has 9 nitrogen and oxygen atoms in total. The van der Waals surface area contributed by atoms with E-state index in [1.165, 1.54) is 25.3 Å². The van der Waals surface area contributed by atoms with Crippen LogP contribution in [0.15, 0.2) is 42.5 Å². The topological polar surface area (TPSA) is 125 Å². The number of ether oxygens (including phenoxy) is 1. The van der Waals surface area contributed by atoms with Gasteiger partial charge in [0, 0.05) is 24.8 Å². The highest BCUT2D eigenvalue weighted by atomic mass is 19.1. The Morgan fingerprint density at radius 2 is 1.67 bits per heavy atom. The van der Waals surface area contributed by atoms with Crippen LogP contribution in [0.4, 0.5) is 15.8 Å². The molecule has 0 aliphatic carbocycles. The lowest BCUT2D eigenvalue weighted by Crippen LogP contribution is -2.38. The fraction of sp³-hybridized carbons (Fsp3) is 0.235. The van der Waals surface area contributed by atoms with Gasteiger partial charge in [0.05, 0.1) is 27.5 Å². The van der Waals surface area contributed by atoms with Crippen molar-refractivity contribution in [2.24, 2.45) is 0 Å². The molecular weight excluding hydrogens is 361 g/mol. The van der Waals surface area contributed by atoms with Gasteiger partial charge in [-0.25, -0.2) is 4.39 Å². The van der Waals surface area contributed by atoms with Crippen molar-refractivity contribution >= 4 is 17.3 Å². The van der Waals surface area contributed by atoms with Crippen LogP contribution in [0, 0.1) is 26.0 Å². The maximum Gasteiger partial charge on any atom is 0.277 e. The first kappa shape index (κ1) is 19.9. The van der Waals surface area contributed by atoms with E-state index >= 15 is 0 Å². The van der Waals surface area contributed by atoms with Crippen LogP contribution in [0.2, 0.25) is 0 Å². The standard InChI is InChI=1S/C17H16FN3O6/c1-10(16(27-2)14-5-3-4-6-15(14)18)19-17(22)11-7-12(20(23)24)9-13(8-11)21(25)26/h3-10,16H,1-2H3,(H,19,22)/t10-,16+/m0/s1. The zero-order valence-electron chi connectivity index (χ0n) is 14.4. The van der Waals surface area contributed by atoms with Crippen molar-refractivity contribution in [3.63, 3.8) is 0 Å². The van der Waals surface area contributed by atoms with Crippen molar-refractivity contribution < 1.29 is 23.8 Å². The molecule has 0 unspecified atom stereocenters. The lowest BCUT2D eigenvalue weighted by Gasteiger charge is -2.24. The van der Waals surface area contributed by atoms with Crippen LogP contribution in [0.25, 0.3) is 0 Å². The van der Waals surface area contributed by atoms with E-state index in [1.54, 1.807) is 13.0 Å². The van der Waals surface area contributed by atoms with Crippen molar-refractivity contribution in [3.8, 4) is 0 Å². The molecule has 0 bridgehead atoms. The molecule has 0 heterocycles. The lowest BCUT2D eigenvalue weighted by atomic mass is 10.0. The smallest absolute Gasteiger partial charge is 0.277 e. The second-order valence-electron chi connectivity index (χ2n) is 5.69. The molecule has 0 aromatic heterocycles. The third-order valence-electron chi connectivity index (χ3n) is 3.86. The van der Waals surface area contributed by atoms with E-state index < -0.39 is 45.1 Å². The number of nitrogens with one attached hydrogen (secondary N) is 1. The second-order valence-corrected chi connectivity index (χ2v) is 5.69. The molecule has 1 amide bonds. The number of halogens is 1. The number of rotatable bonds is 7. The molecule has 10 heteroatoms. The summed E-state index contributed by atoms with van der Waals surface area (Å²) in [7, 11) is 1.35. The van der Waals surface area contributed by atoms with Crippen LogP contribution < -0.4 is 5.32 Å². The predicted octanol–water partition coefficient (Wildman–Crippen LogP) is 3.15. The maximum atomic E-state index is 14.0. The van der Waals surface area contributed by atoms with Gasteiger partial charge in [0.25, 0.3) is 17.3 Å². The van der Waals surface area contributed by atoms with Gasteiger partial charge in [-0.1, -0.05) is 18.2 Å². The molecule has 0 saturated heterocycles. The molecule has 0 saturated carbocycles. The van der Waals surface area contributed by atoms with Gasteiger partial charge in [-0.2, -0.15) is 0 Å². The number of methoxy groups -OCH3 is 1. The van der Waals surface area contributed by atoms with Crippen LogP contribution in [0.1, 0.15) is 28.9 Å². The van der Waals surface area contributed by atoms with Gasteiger partial charge in [-0.15, -0.1) is 0 Å². The molecule has 2 rings (SSSR count). The van der Waals surface area contributed by atoms with Crippen LogP contribution in [-0.2, 0) is 4.74 Å². The molecule has 0 aliphatic heterocycles. The Labute approximate surface area is 153 Å². The number of non-ortho nitro benzene ring substituents is 2. The monoisotopic (exact) mass is 377 g/mol. The normalized spacial score (nSPS) is 12.9. The highest BCUT2D eigenvalue weighted by molar-refractivity contribution is 5.95. The fourth-order valence-electron chi connectivity index (χ4n) is 2.61. The third kappa shape index (κ3) is 4.61. The SMILES string of the molecule is CO[C@@H](c1ccccc1F)[C@H](C)NC(=O)c1cc([N+](=O)[O-])cc([N+](=O)[O-])c1. The molecule has 2 aromatic carbocycles. The van der Waals surface area contributed by atoms with E-state index in [4.69, 9.17) is 4.74 Å². The highest BCUT2D eigenvalue weighted by Gasteiger charge is 2.25. The van der Waals surface area contributed by atoms with Gasteiger partial charge in [0.15, 0.2) is 0 Å². The molecule has 0 aliphatic rings. The van der Waals surface area contributed by atoms with Crippen molar-refractivity contribution in [3.05, 3.63) is 79.6 Å². The number of carbonyl (C=O) groups excluding carboxylic acids is 1. The Hall–Kier alpha value is -3.40. The lowest BCUT2D eigenvalue weighted by molar-refractivity contribution is -0.394. The summed E-state index contributed by atoms with van der Waals surface area (Å²) >= 11 is 0. The average molecular weight is 377 g/mol. The number of nitro groups is 2. The van der Waals surface area contributed by atoms with Gasteiger partial charge < -0.3 is 10.1 Å². The molecule has 27 heavy (non-hydrogen) atoms. The summed E-state index contributed by atoms with van der Waals surface area (Å²) < 4.78 is 19.3. The molecule has 1 N–H and O–H groups in total. The first-order chi connectivity index (χ1) is 12.7. The molecule has 2 atom stereocenters. The minimum absolute atomic E-state index is 0.220. The summed E-state index contributed by atoms with van der Waals surface area (Å²) in [5.74, 6) is -1.30.